The number of H-pyrrole nitrogens is 2. The van der Waals surface area contributed by atoms with Crippen LogP contribution in [0.15, 0.2) is 34.1 Å². The first-order chi connectivity index (χ1) is 12.5. The van der Waals surface area contributed by atoms with Gasteiger partial charge in [0.25, 0.3) is 5.56 Å². The van der Waals surface area contributed by atoms with Crippen molar-refractivity contribution < 1.29 is 4.79 Å². The van der Waals surface area contributed by atoms with Crippen molar-refractivity contribution in [2.24, 2.45) is 0 Å². The first-order valence-corrected chi connectivity index (χ1v) is 8.20. The maximum atomic E-state index is 12.1. The second-order valence-electron chi connectivity index (χ2n) is 6.22. The van der Waals surface area contributed by atoms with Gasteiger partial charge in [0.15, 0.2) is 5.65 Å². The number of carbonyl (C=O) groups excluding carboxylic acids is 1. The molecule has 10 nitrogen and oxygen atoms in total. The number of rotatable bonds is 3. The zero-order valence-electron chi connectivity index (χ0n) is 14.0. The number of anilines is 1. The Bertz CT molecular complexity index is 1100. The minimum Gasteiger partial charge on any atom is -0.354 e. The van der Waals surface area contributed by atoms with Gasteiger partial charge in [-0.2, -0.15) is 9.61 Å². The molecule has 0 radical (unpaired) electrons. The molecule has 1 aliphatic rings. The van der Waals surface area contributed by atoms with Gasteiger partial charge < -0.3 is 15.2 Å². The monoisotopic (exact) mass is 355 g/mol. The van der Waals surface area contributed by atoms with Crippen LogP contribution in [0, 0.1) is 0 Å². The molecule has 0 bridgehead atoms. The third-order valence-electron chi connectivity index (χ3n) is 4.36. The molecular formula is C16H17N7O3. The van der Waals surface area contributed by atoms with Gasteiger partial charge in [0.2, 0.25) is 5.91 Å². The summed E-state index contributed by atoms with van der Waals surface area (Å²) in [6, 6.07) is 3.57. The molecule has 4 rings (SSSR count). The van der Waals surface area contributed by atoms with Crippen LogP contribution in [0.3, 0.4) is 0 Å². The number of amides is 1. The van der Waals surface area contributed by atoms with Crippen molar-refractivity contribution in [2.75, 3.05) is 18.0 Å². The summed E-state index contributed by atoms with van der Waals surface area (Å²) < 4.78 is 1.69. The average molecular weight is 355 g/mol. The van der Waals surface area contributed by atoms with E-state index in [2.05, 4.69) is 30.3 Å². The fourth-order valence-electron chi connectivity index (χ4n) is 3.23. The van der Waals surface area contributed by atoms with Gasteiger partial charge in [0.1, 0.15) is 5.82 Å². The van der Waals surface area contributed by atoms with Gasteiger partial charge in [-0.1, -0.05) is 0 Å². The fraction of sp³-hybridized carbons (Fsp3) is 0.312. The highest BCUT2D eigenvalue weighted by molar-refractivity contribution is 5.73. The number of aromatic amines is 2. The van der Waals surface area contributed by atoms with E-state index in [1.54, 1.807) is 22.8 Å². The molecule has 1 aliphatic heterocycles. The van der Waals surface area contributed by atoms with Gasteiger partial charge in [-0.25, -0.2) is 9.78 Å². The summed E-state index contributed by atoms with van der Waals surface area (Å²) in [5.74, 6) is 0.713. The Labute approximate surface area is 146 Å². The van der Waals surface area contributed by atoms with E-state index in [-0.39, 0.29) is 17.5 Å². The summed E-state index contributed by atoms with van der Waals surface area (Å²) in [6.07, 6.45) is 3.80. The molecule has 26 heavy (non-hydrogen) atoms. The van der Waals surface area contributed by atoms with Crippen molar-refractivity contribution in [3.05, 3.63) is 45.4 Å². The zero-order valence-corrected chi connectivity index (χ0v) is 14.0. The van der Waals surface area contributed by atoms with Crippen molar-refractivity contribution in [3.8, 4) is 11.3 Å². The highest BCUT2D eigenvalue weighted by Gasteiger charge is 2.26. The Kier molecular flexibility index (Phi) is 3.79. The second kappa shape index (κ2) is 6.14. The predicted octanol–water partition coefficient (Wildman–Crippen LogP) is -0.512. The molecule has 1 atom stereocenters. The van der Waals surface area contributed by atoms with Gasteiger partial charge in [0, 0.05) is 44.4 Å². The lowest BCUT2D eigenvalue weighted by molar-refractivity contribution is -0.119. The molecule has 3 N–H and O–H groups in total. The molecule has 1 unspecified atom stereocenters. The molecule has 1 fully saturated rings. The minimum absolute atomic E-state index is 0.0590. The Hall–Kier alpha value is -3.43. The summed E-state index contributed by atoms with van der Waals surface area (Å²) in [6.45, 7) is 2.88. The summed E-state index contributed by atoms with van der Waals surface area (Å²) in [7, 11) is 0. The maximum Gasteiger partial charge on any atom is 0.325 e. The molecule has 0 saturated carbocycles. The zero-order chi connectivity index (χ0) is 18.3. The number of aromatic nitrogens is 5. The highest BCUT2D eigenvalue weighted by Crippen LogP contribution is 2.25. The van der Waals surface area contributed by atoms with Crippen LogP contribution in [0.4, 0.5) is 5.82 Å². The standard InChI is InChI=1S/C16H17N7O3/c1-9(24)19-10-3-5-22(8-10)14-6-12(20-13-2-4-18-23(13)14)11-7-17-16(26)21-15(11)25/h2,4,6-7,10H,3,5,8H2,1H3,(H,19,24)(H2,17,21,25,26). The van der Waals surface area contributed by atoms with Crippen LogP contribution in [-0.2, 0) is 4.79 Å². The number of nitrogens with one attached hydrogen (secondary N) is 3. The Morgan fingerprint density at radius 1 is 1.38 bits per heavy atom. The highest BCUT2D eigenvalue weighted by atomic mass is 16.2. The molecule has 0 aromatic carbocycles. The lowest BCUT2D eigenvalue weighted by Crippen LogP contribution is -2.36. The molecular weight excluding hydrogens is 338 g/mol. The quantitative estimate of drug-likeness (QED) is 0.580. The third kappa shape index (κ3) is 2.85. The molecule has 10 heteroatoms. The van der Waals surface area contributed by atoms with E-state index in [1.165, 1.54) is 13.1 Å². The largest absolute Gasteiger partial charge is 0.354 e. The van der Waals surface area contributed by atoms with E-state index in [1.807, 2.05) is 0 Å². The summed E-state index contributed by atoms with van der Waals surface area (Å²) in [5.41, 5.74) is 0.224. The Balaban J connectivity index is 1.78. The first kappa shape index (κ1) is 16.1. The van der Waals surface area contributed by atoms with Gasteiger partial charge in [-0.05, 0) is 6.42 Å². The Morgan fingerprint density at radius 2 is 2.23 bits per heavy atom. The van der Waals surface area contributed by atoms with Crippen LogP contribution < -0.4 is 21.5 Å². The lowest BCUT2D eigenvalue weighted by atomic mass is 10.2. The van der Waals surface area contributed by atoms with Crippen molar-refractivity contribution in [1.82, 2.24) is 29.9 Å². The Morgan fingerprint density at radius 3 is 3.00 bits per heavy atom. The molecule has 0 aliphatic carbocycles. The number of hydrogen-bond acceptors (Lipinski definition) is 6. The van der Waals surface area contributed by atoms with Crippen LogP contribution in [0.1, 0.15) is 13.3 Å². The second-order valence-corrected chi connectivity index (χ2v) is 6.22. The predicted molar refractivity (Wildman–Crippen MR) is 94.1 cm³/mol. The fourth-order valence-corrected chi connectivity index (χ4v) is 3.23. The van der Waals surface area contributed by atoms with E-state index in [0.717, 1.165) is 18.8 Å². The van der Waals surface area contributed by atoms with Gasteiger partial charge in [-0.15, -0.1) is 0 Å². The van der Waals surface area contributed by atoms with Gasteiger partial charge in [-0.3, -0.25) is 14.6 Å². The smallest absolute Gasteiger partial charge is 0.325 e. The topological polar surface area (TPSA) is 128 Å². The third-order valence-corrected chi connectivity index (χ3v) is 4.36. The molecule has 134 valence electrons. The summed E-state index contributed by atoms with van der Waals surface area (Å²) >= 11 is 0. The normalized spacial score (nSPS) is 17.0. The van der Waals surface area contributed by atoms with Crippen molar-refractivity contribution >= 4 is 17.4 Å². The molecule has 1 saturated heterocycles. The van der Waals surface area contributed by atoms with Crippen LogP contribution >= 0.6 is 0 Å². The molecule has 1 amide bonds. The summed E-state index contributed by atoms with van der Waals surface area (Å²) in [4.78, 5) is 45.9. The van der Waals surface area contributed by atoms with Crippen molar-refractivity contribution in [2.45, 2.75) is 19.4 Å². The average Bonchev–Trinajstić information content (AvgIpc) is 3.22. The lowest BCUT2D eigenvalue weighted by Gasteiger charge is -2.20. The van der Waals surface area contributed by atoms with E-state index in [0.29, 0.717) is 17.9 Å². The maximum absolute atomic E-state index is 12.1. The van der Waals surface area contributed by atoms with E-state index in [9.17, 15) is 14.4 Å². The van der Waals surface area contributed by atoms with E-state index < -0.39 is 11.2 Å². The number of fused-ring (bicyclic) bond motifs is 1. The molecule has 3 aromatic heterocycles. The van der Waals surface area contributed by atoms with Crippen LogP contribution in [0.2, 0.25) is 0 Å². The van der Waals surface area contributed by atoms with Crippen molar-refractivity contribution in [1.29, 1.82) is 0 Å². The molecule has 3 aromatic rings. The number of nitrogens with zero attached hydrogens (tertiary/aromatic N) is 4. The van der Waals surface area contributed by atoms with Crippen LogP contribution in [-0.4, -0.2) is 49.6 Å². The van der Waals surface area contributed by atoms with E-state index >= 15 is 0 Å². The number of hydrogen-bond donors (Lipinski definition) is 3. The summed E-state index contributed by atoms with van der Waals surface area (Å²) in [5, 5.41) is 7.23. The molecule has 4 heterocycles. The van der Waals surface area contributed by atoms with Crippen LogP contribution in [0.25, 0.3) is 16.9 Å². The van der Waals surface area contributed by atoms with Gasteiger partial charge >= 0.3 is 5.69 Å². The van der Waals surface area contributed by atoms with Crippen LogP contribution in [0.5, 0.6) is 0 Å². The van der Waals surface area contributed by atoms with E-state index in [4.69, 9.17) is 0 Å². The molecule has 0 spiro atoms. The van der Waals surface area contributed by atoms with Gasteiger partial charge in [0.05, 0.1) is 17.5 Å². The number of carbonyl (C=O) groups is 1. The minimum atomic E-state index is -0.568. The SMILES string of the molecule is CC(=O)NC1CCN(c2cc(-c3c[nH]c(=O)[nH]c3=O)nc3ccnn23)C1. The van der Waals surface area contributed by atoms with Crippen molar-refractivity contribution in [3.63, 3.8) is 0 Å². The first-order valence-electron chi connectivity index (χ1n) is 8.20.